The van der Waals surface area contributed by atoms with Crippen LogP contribution in [0.15, 0.2) is 41.8 Å². The van der Waals surface area contributed by atoms with Crippen molar-refractivity contribution in [3.05, 3.63) is 42.2 Å². The second-order valence-corrected chi connectivity index (χ2v) is 5.50. The van der Waals surface area contributed by atoms with E-state index in [1.165, 1.54) is 17.3 Å². The first-order chi connectivity index (χ1) is 9.70. The Morgan fingerprint density at radius 2 is 2.30 bits per heavy atom. The number of nitrogens with zero attached hydrogens (tertiary/aromatic N) is 2. The van der Waals surface area contributed by atoms with Gasteiger partial charge in [-0.15, -0.1) is 0 Å². The summed E-state index contributed by atoms with van der Waals surface area (Å²) in [4.78, 5) is 16.0. The fourth-order valence-corrected chi connectivity index (χ4v) is 2.62. The molecule has 0 radical (unpaired) electrons. The van der Waals surface area contributed by atoms with Gasteiger partial charge in [0.25, 0.3) is 0 Å². The molecule has 20 heavy (non-hydrogen) atoms. The highest BCUT2D eigenvalue weighted by Crippen LogP contribution is 2.20. The summed E-state index contributed by atoms with van der Waals surface area (Å²) in [5.41, 5.74) is 2.27. The summed E-state index contributed by atoms with van der Waals surface area (Å²) in [5, 5.41) is 3.70. The lowest BCUT2D eigenvalue weighted by atomic mass is 10.2. The van der Waals surface area contributed by atoms with E-state index in [1.54, 1.807) is 6.20 Å². The lowest BCUT2D eigenvalue weighted by Gasteiger charge is -2.08. The van der Waals surface area contributed by atoms with Crippen molar-refractivity contribution in [2.24, 2.45) is 0 Å². The molecule has 1 amide bonds. The maximum atomic E-state index is 11.6. The molecule has 4 nitrogen and oxygen atoms in total. The Morgan fingerprint density at radius 1 is 1.45 bits per heavy atom. The number of amides is 1. The molecule has 0 aliphatic carbocycles. The molecule has 0 atom stereocenters. The van der Waals surface area contributed by atoms with Crippen LogP contribution in [0.4, 0.5) is 0 Å². The smallest absolute Gasteiger partial charge is 0.230 e. The maximum absolute atomic E-state index is 11.6. The zero-order valence-electron chi connectivity index (χ0n) is 11.8. The van der Waals surface area contributed by atoms with Crippen molar-refractivity contribution >= 4 is 17.7 Å². The molecular weight excluding hydrogens is 270 g/mol. The van der Waals surface area contributed by atoms with E-state index in [9.17, 15) is 4.79 Å². The molecule has 0 saturated heterocycles. The summed E-state index contributed by atoms with van der Waals surface area (Å²) >= 11 is 1.45. The van der Waals surface area contributed by atoms with Gasteiger partial charge in [-0.05, 0) is 31.0 Å². The average Bonchev–Trinajstić information content (AvgIpc) is 2.91. The Morgan fingerprint density at radius 3 is 3.05 bits per heavy atom. The molecule has 0 spiro atoms. The summed E-state index contributed by atoms with van der Waals surface area (Å²) in [6.07, 6.45) is 4.63. The second kappa shape index (κ2) is 7.14. The number of carbonyl (C=O) groups excluding carboxylic acids is 1. The number of imidazole rings is 1. The quantitative estimate of drug-likeness (QED) is 0.832. The molecule has 5 heteroatoms. The van der Waals surface area contributed by atoms with Gasteiger partial charge in [0.2, 0.25) is 5.91 Å². The van der Waals surface area contributed by atoms with Gasteiger partial charge in [0, 0.05) is 24.6 Å². The number of benzene rings is 1. The van der Waals surface area contributed by atoms with Crippen molar-refractivity contribution < 1.29 is 4.79 Å². The number of rotatable bonds is 6. The lowest BCUT2D eigenvalue weighted by Crippen LogP contribution is -2.25. The number of hydrogen-bond donors (Lipinski definition) is 1. The van der Waals surface area contributed by atoms with Crippen LogP contribution >= 0.6 is 11.8 Å². The van der Waals surface area contributed by atoms with E-state index in [4.69, 9.17) is 0 Å². The normalized spacial score (nSPS) is 10.5. The largest absolute Gasteiger partial charge is 0.355 e. The molecule has 0 saturated carbocycles. The van der Waals surface area contributed by atoms with Crippen molar-refractivity contribution in [2.45, 2.75) is 25.4 Å². The highest BCUT2D eigenvalue weighted by atomic mass is 32.2. The van der Waals surface area contributed by atoms with E-state index in [2.05, 4.69) is 29.4 Å². The summed E-state index contributed by atoms with van der Waals surface area (Å²) in [7, 11) is 0. The number of hydrogen-bond acceptors (Lipinski definition) is 3. The third-order valence-corrected chi connectivity index (χ3v) is 3.76. The second-order valence-electron chi connectivity index (χ2n) is 4.56. The molecule has 2 aromatic rings. The van der Waals surface area contributed by atoms with Crippen LogP contribution in [-0.2, 0) is 4.79 Å². The summed E-state index contributed by atoms with van der Waals surface area (Å²) in [5.74, 6) is 0.443. The minimum Gasteiger partial charge on any atom is -0.355 e. The van der Waals surface area contributed by atoms with E-state index in [0.717, 1.165) is 23.8 Å². The highest BCUT2D eigenvalue weighted by molar-refractivity contribution is 7.99. The fourth-order valence-electron chi connectivity index (χ4n) is 1.82. The van der Waals surface area contributed by atoms with Gasteiger partial charge in [-0.1, -0.05) is 30.8 Å². The van der Waals surface area contributed by atoms with Crippen LogP contribution in [0.5, 0.6) is 0 Å². The topological polar surface area (TPSA) is 46.9 Å². The average molecular weight is 289 g/mol. The summed E-state index contributed by atoms with van der Waals surface area (Å²) in [6, 6.07) is 8.22. The first kappa shape index (κ1) is 14.7. The zero-order chi connectivity index (χ0) is 14.4. The first-order valence-corrected chi connectivity index (χ1v) is 7.69. The van der Waals surface area contributed by atoms with Gasteiger partial charge in [-0.25, -0.2) is 4.98 Å². The molecule has 0 bridgehead atoms. The molecule has 0 unspecified atom stereocenters. The van der Waals surface area contributed by atoms with Gasteiger partial charge in [0.15, 0.2) is 5.16 Å². The minimum absolute atomic E-state index is 0.0515. The molecule has 1 heterocycles. The van der Waals surface area contributed by atoms with E-state index < -0.39 is 0 Å². The van der Waals surface area contributed by atoms with Crippen LogP contribution in [0.3, 0.4) is 0 Å². The Kier molecular flexibility index (Phi) is 5.24. The number of nitrogens with one attached hydrogen (secondary N) is 1. The molecule has 1 aromatic heterocycles. The van der Waals surface area contributed by atoms with E-state index in [-0.39, 0.29) is 5.91 Å². The molecule has 1 aromatic carbocycles. The van der Waals surface area contributed by atoms with Gasteiger partial charge in [-0.2, -0.15) is 0 Å². The number of aryl methyl sites for hydroxylation is 1. The van der Waals surface area contributed by atoms with Crippen LogP contribution in [0.25, 0.3) is 5.69 Å². The predicted octanol–water partition coefficient (Wildman–Crippen LogP) is 2.80. The van der Waals surface area contributed by atoms with Crippen molar-refractivity contribution in [3.63, 3.8) is 0 Å². The van der Waals surface area contributed by atoms with Gasteiger partial charge < -0.3 is 5.32 Å². The standard InChI is InChI=1S/C15H19N3OS/c1-3-7-16-14(19)11-20-15-17-8-9-18(15)13-6-4-5-12(2)10-13/h4-6,8-10H,3,7,11H2,1-2H3,(H,16,19). The number of carbonyl (C=O) groups is 1. The van der Waals surface area contributed by atoms with Crippen LogP contribution in [0.2, 0.25) is 0 Å². The van der Waals surface area contributed by atoms with Crippen LogP contribution in [-0.4, -0.2) is 27.8 Å². The van der Waals surface area contributed by atoms with Crippen molar-refractivity contribution in [3.8, 4) is 5.69 Å². The van der Waals surface area contributed by atoms with Crippen molar-refractivity contribution in [1.29, 1.82) is 0 Å². The zero-order valence-corrected chi connectivity index (χ0v) is 12.6. The van der Waals surface area contributed by atoms with E-state index in [1.807, 2.05) is 29.8 Å². The van der Waals surface area contributed by atoms with E-state index in [0.29, 0.717) is 5.75 Å². The fraction of sp³-hybridized carbons (Fsp3) is 0.333. The number of thioether (sulfide) groups is 1. The van der Waals surface area contributed by atoms with Gasteiger partial charge in [-0.3, -0.25) is 9.36 Å². The Balaban J connectivity index is 2.04. The van der Waals surface area contributed by atoms with Crippen LogP contribution < -0.4 is 5.32 Å². The van der Waals surface area contributed by atoms with Crippen molar-refractivity contribution in [2.75, 3.05) is 12.3 Å². The summed E-state index contributed by atoms with van der Waals surface area (Å²) in [6.45, 7) is 4.83. The molecule has 0 aliphatic heterocycles. The molecule has 106 valence electrons. The maximum Gasteiger partial charge on any atom is 0.230 e. The molecule has 2 rings (SSSR count). The molecule has 0 fully saturated rings. The van der Waals surface area contributed by atoms with Crippen LogP contribution in [0, 0.1) is 6.92 Å². The first-order valence-electron chi connectivity index (χ1n) is 6.70. The lowest BCUT2D eigenvalue weighted by molar-refractivity contribution is -0.118. The number of aromatic nitrogens is 2. The third-order valence-electron chi connectivity index (χ3n) is 2.79. The van der Waals surface area contributed by atoms with Gasteiger partial charge in [0.1, 0.15) is 0 Å². The highest BCUT2D eigenvalue weighted by Gasteiger charge is 2.08. The Bertz CT molecular complexity index is 580. The van der Waals surface area contributed by atoms with Crippen molar-refractivity contribution in [1.82, 2.24) is 14.9 Å². The Hall–Kier alpha value is -1.75. The molecular formula is C15H19N3OS. The molecule has 1 N–H and O–H groups in total. The Labute approximate surface area is 123 Å². The minimum atomic E-state index is 0.0515. The molecule has 0 aliphatic rings. The van der Waals surface area contributed by atoms with E-state index >= 15 is 0 Å². The summed E-state index contributed by atoms with van der Waals surface area (Å²) < 4.78 is 2.00. The van der Waals surface area contributed by atoms with Gasteiger partial charge in [0.05, 0.1) is 5.75 Å². The predicted molar refractivity (Wildman–Crippen MR) is 82.3 cm³/mol. The third kappa shape index (κ3) is 3.87. The van der Waals surface area contributed by atoms with Crippen LogP contribution in [0.1, 0.15) is 18.9 Å². The SMILES string of the molecule is CCCNC(=O)CSc1nccn1-c1cccc(C)c1. The van der Waals surface area contributed by atoms with Gasteiger partial charge >= 0.3 is 0 Å². The monoisotopic (exact) mass is 289 g/mol.